The molecule has 0 atom stereocenters. The van der Waals surface area contributed by atoms with E-state index in [-0.39, 0.29) is 28.7 Å². The molecular formula is C56H54Br5O8P. The minimum absolute atomic E-state index is 0.0379. The number of aliphatic hydroxyl groups excluding tert-OH is 2. The number of rotatable bonds is 16. The maximum Gasteiger partial charge on any atom is 0.123 e. The molecule has 70 heavy (non-hydrogen) atoms. The van der Waals surface area contributed by atoms with E-state index in [9.17, 15) is 5.11 Å². The Kier molecular flexibility index (Phi) is 28.6. The molecule has 0 fully saturated rings. The first kappa shape index (κ1) is 57.9. The summed E-state index contributed by atoms with van der Waals surface area (Å²) < 4.78 is 23.3. The van der Waals surface area contributed by atoms with Crippen LogP contribution in [0, 0.1) is 0 Å². The van der Waals surface area contributed by atoms with Crippen LogP contribution in [-0.2, 0) is 50.3 Å². The van der Waals surface area contributed by atoms with E-state index in [0.29, 0.717) is 43.5 Å². The van der Waals surface area contributed by atoms with Crippen LogP contribution in [0.2, 0.25) is 0 Å². The van der Waals surface area contributed by atoms with E-state index in [1.54, 1.807) is 0 Å². The van der Waals surface area contributed by atoms with Gasteiger partial charge in [0.2, 0.25) is 0 Å². The smallest absolute Gasteiger partial charge is 0.123 e. The first-order valence-corrected chi connectivity index (χ1v) is 31.3. The van der Waals surface area contributed by atoms with Gasteiger partial charge in [-0.15, -0.1) is 0 Å². The van der Waals surface area contributed by atoms with Crippen molar-refractivity contribution in [1.29, 1.82) is 0 Å². The Hall–Kier alpha value is -4.69. The van der Waals surface area contributed by atoms with Gasteiger partial charge >= 0.3 is 0 Å². The number of benzene rings is 8. The van der Waals surface area contributed by atoms with Gasteiger partial charge in [0.05, 0.1) is 13.2 Å². The summed E-state index contributed by atoms with van der Waals surface area (Å²) >= 11 is 16.4. The van der Waals surface area contributed by atoms with Crippen LogP contribution in [-0.4, -0.2) is 20.4 Å². The highest BCUT2D eigenvalue weighted by atomic mass is 80.0. The molecule has 0 heterocycles. The molecule has 0 amide bonds. The molecule has 8 aromatic carbocycles. The highest BCUT2D eigenvalue weighted by Crippen LogP contribution is 2.59. The molecule has 0 aliphatic carbocycles. The number of hydrogen-bond donors (Lipinski definition) is 4. The fraction of sp³-hybridized carbons (Fsp3) is 0.143. The molecular weight excluding hydrogens is 1230 g/mol. The van der Waals surface area contributed by atoms with Crippen molar-refractivity contribution in [2.75, 3.05) is 0 Å². The Morgan fingerprint density at radius 1 is 0.314 bits per heavy atom. The second kappa shape index (κ2) is 34.6. The first-order chi connectivity index (χ1) is 34.0. The standard InChI is InChI=1S/C21H19BrO2.C21H20O3.C7H7Br.C7H8O3.Br3P/c2*22-14-19-11-20(23-15-17-7-3-1-4-8-17)13-21(12-19)24-16-18-9-5-2-6-10-18;8-6-7-4-2-1-3-5-7;8-4-5-1-6(9)3-7(10)2-5;1-4(2)3/h1-13H,14-16H2;1-13,22H,14-16H2;1-5H,6H2;1-3,8-10H,4H2;. The van der Waals surface area contributed by atoms with E-state index < -0.39 is 0 Å². The third-order valence-corrected chi connectivity index (χ3v) is 10.6. The van der Waals surface area contributed by atoms with Crippen LogP contribution < -0.4 is 18.9 Å². The zero-order valence-corrected chi connectivity index (χ0v) is 46.9. The SMILES string of the molecule is BrCc1cc(OCc2ccccc2)cc(OCc2ccccc2)c1.BrCc1ccccc1.BrP(Br)Br.OCc1cc(O)cc(O)c1.OCc1cc(OCc2ccccc2)cc(OCc2ccccc2)c1. The summed E-state index contributed by atoms with van der Waals surface area (Å²) in [6, 6.07) is 66.0. The first-order valence-electron chi connectivity index (χ1n) is 21.7. The minimum Gasteiger partial charge on any atom is -0.508 e. The van der Waals surface area contributed by atoms with Crippen LogP contribution in [0.5, 0.6) is 34.5 Å². The monoisotopic (exact) mass is 1280 g/mol. The Balaban J connectivity index is 0.000000215. The number of hydrogen-bond acceptors (Lipinski definition) is 8. The Bertz CT molecular complexity index is 2340. The van der Waals surface area contributed by atoms with Gasteiger partial charge in [-0.1, -0.05) is 184 Å². The molecule has 0 bridgehead atoms. The predicted octanol–water partition coefficient (Wildman–Crippen LogP) is 16.6. The van der Waals surface area contributed by atoms with Gasteiger partial charge in [-0.2, -0.15) is 0 Å². The quantitative estimate of drug-likeness (QED) is 0.0558. The van der Waals surface area contributed by atoms with Gasteiger partial charge in [-0.25, -0.2) is 0 Å². The van der Waals surface area contributed by atoms with Gasteiger partial charge in [0, 0.05) is 28.9 Å². The lowest BCUT2D eigenvalue weighted by Gasteiger charge is -2.12. The van der Waals surface area contributed by atoms with Crippen molar-refractivity contribution in [3.05, 3.63) is 251 Å². The van der Waals surface area contributed by atoms with E-state index in [0.717, 1.165) is 55.5 Å². The lowest BCUT2D eigenvalue weighted by atomic mass is 10.2. The Morgan fingerprint density at radius 2 is 0.557 bits per heavy atom. The fourth-order valence-corrected chi connectivity index (χ4v) is 6.74. The number of phenols is 2. The molecule has 0 aromatic heterocycles. The van der Waals surface area contributed by atoms with E-state index >= 15 is 0 Å². The van der Waals surface area contributed by atoms with E-state index in [4.69, 9.17) is 34.3 Å². The molecule has 8 aromatic rings. The van der Waals surface area contributed by atoms with Crippen molar-refractivity contribution >= 4 is 82.4 Å². The number of alkyl halides is 2. The Morgan fingerprint density at radius 3 is 0.800 bits per heavy atom. The van der Waals surface area contributed by atoms with Crippen molar-refractivity contribution in [1.82, 2.24) is 0 Å². The number of aliphatic hydroxyl groups is 2. The normalized spacial score (nSPS) is 10.1. The number of halogens is 5. The average molecular weight is 1290 g/mol. The third kappa shape index (κ3) is 24.9. The summed E-state index contributed by atoms with van der Waals surface area (Å²) in [5.41, 5.74) is 8.21. The molecule has 0 unspecified atom stereocenters. The van der Waals surface area contributed by atoms with Gasteiger partial charge < -0.3 is 39.4 Å². The van der Waals surface area contributed by atoms with Crippen LogP contribution in [0.4, 0.5) is 0 Å². The van der Waals surface area contributed by atoms with Crippen molar-refractivity contribution < 1.29 is 39.4 Å². The topological polar surface area (TPSA) is 118 Å². The summed E-state index contributed by atoms with van der Waals surface area (Å²) in [6.45, 7) is 1.82. The molecule has 8 nitrogen and oxygen atoms in total. The highest BCUT2D eigenvalue weighted by molar-refractivity contribution is 9.93. The van der Waals surface area contributed by atoms with Crippen molar-refractivity contribution in [2.24, 2.45) is 0 Å². The van der Waals surface area contributed by atoms with Crippen molar-refractivity contribution in [2.45, 2.75) is 50.3 Å². The third-order valence-electron chi connectivity index (χ3n) is 9.35. The van der Waals surface area contributed by atoms with Gasteiger partial charge in [0.15, 0.2) is 0 Å². The Labute approximate surface area is 453 Å². The summed E-state index contributed by atoms with van der Waals surface area (Å²) in [4.78, 5) is 0. The summed E-state index contributed by atoms with van der Waals surface area (Å²) in [5.74, 6) is 2.94. The van der Waals surface area contributed by atoms with Gasteiger partial charge in [-0.3, -0.25) is 0 Å². The molecule has 0 saturated heterocycles. The van der Waals surface area contributed by atoms with Crippen molar-refractivity contribution in [3.8, 4) is 34.5 Å². The van der Waals surface area contributed by atoms with Crippen LogP contribution in [0.3, 0.4) is 0 Å². The molecule has 14 heteroatoms. The van der Waals surface area contributed by atoms with Crippen LogP contribution >= 0.6 is 82.4 Å². The molecule has 4 N–H and O–H groups in total. The maximum absolute atomic E-state index is 9.45. The van der Waals surface area contributed by atoms with E-state index in [1.165, 1.54) is 23.8 Å². The molecule has 0 spiro atoms. The van der Waals surface area contributed by atoms with Crippen LogP contribution in [0.15, 0.2) is 206 Å². The molecule has 0 aliphatic rings. The van der Waals surface area contributed by atoms with E-state index in [2.05, 4.69) is 115 Å². The summed E-state index contributed by atoms with van der Waals surface area (Å²) in [5, 5.41) is 37.4. The molecule has 0 aliphatic heterocycles. The number of aromatic hydroxyl groups is 2. The number of phenolic OH excluding ortho intramolecular Hbond substituents is 2. The zero-order valence-electron chi connectivity index (χ0n) is 38.0. The predicted molar refractivity (Wildman–Crippen MR) is 303 cm³/mol. The van der Waals surface area contributed by atoms with E-state index in [1.807, 2.05) is 152 Å². The van der Waals surface area contributed by atoms with Crippen LogP contribution in [0.25, 0.3) is 0 Å². The highest BCUT2D eigenvalue weighted by Gasteiger charge is 2.06. The fourth-order valence-electron chi connectivity index (χ4n) is 6.04. The molecule has 8 rings (SSSR count). The minimum atomic E-state index is -0.183. The van der Waals surface area contributed by atoms with Gasteiger partial charge in [0.25, 0.3) is 0 Å². The molecule has 366 valence electrons. The number of ether oxygens (including phenoxy) is 4. The summed E-state index contributed by atoms with van der Waals surface area (Å²) in [7, 11) is 0. The van der Waals surface area contributed by atoms with Gasteiger partial charge in [0.1, 0.15) is 65.0 Å². The lowest BCUT2D eigenvalue weighted by Crippen LogP contribution is -1.99. The molecule has 0 saturated carbocycles. The largest absolute Gasteiger partial charge is 0.508 e. The second-order valence-corrected chi connectivity index (χ2v) is 31.3. The second-order valence-electron chi connectivity index (χ2n) is 14.8. The molecule has 0 radical (unpaired) electrons. The average Bonchev–Trinajstić information content (AvgIpc) is 3.40. The lowest BCUT2D eigenvalue weighted by molar-refractivity contribution is 0.271. The maximum atomic E-state index is 9.45. The van der Waals surface area contributed by atoms with Gasteiger partial charge in [-0.05, 0) is 127 Å². The van der Waals surface area contributed by atoms with Crippen LogP contribution in [0.1, 0.15) is 44.5 Å². The summed E-state index contributed by atoms with van der Waals surface area (Å²) in [6.07, 6.45) is 0. The van der Waals surface area contributed by atoms with Crippen molar-refractivity contribution in [3.63, 3.8) is 0 Å². The zero-order chi connectivity index (χ0) is 50.2.